The predicted octanol–water partition coefficient (Wildman–Crippen LogP) is 4.10. The molecule has 1 aliphatic heterocycles. The van der Waals surface area contributed by atoms with Crippen LogP contribution in [0.5, 0.6) is 5.75 Å². The molecule has 0 aromatic heterocycles. The summed E-state index contributed by atoms with van der Waals surface area (Å²) in [6.07, 6.45) is 7.25. The zero-order valence-corrected chi connectivity index (χ0v) is 13.1. The third kappa shape index (κ3) is 3.15. The Balaban J connectivity index is 1.72. The van der Waals surface area contributed by atoms with Gasteiger partial charge in [-0.15, -0.1) is 11.8 Å². The van der Waals surface area contributed by atoms with Gasteiger partial charge in [-0.2, -0.15) is 0 Å². The van der Waals surface area contributed by atoms with E-state index in [0.717, 1.165) is 24.0 Å². The van der Waals surface area contributed by atoms with E-state index in [4.69, 9.17) is 4.74 Å². The SMILES string of the molecule is CCNC(C1CCCCC1)C1CSc2ccccc2O1. The van der Waals surface area contributed by atoms with E-state index in [-0.39, 0.29) is 0 Å². The van der Waals surface area contributed by atoms with Crippen molar-refractivity contribution in [2.75, 3.05) is 12.3 Å². The molecular weight excluding hydrogens is 266 g/mol. The second-order valence-electron chi connectivity index (χ2n) is 5.90. The van der Waals surface area contributed by atoms with E-state index in [1.807, 2.05) is 11.8 Å². The Morgan fingerprint density at radius 3 is 2.85 bits per heavy atom. The fraction of sp³-hybridized carbons (Fsp3) is 0.647. The highest BCUT2D eigenvalue weighted by molar-refractivity contribution is 7.99. The maximum atomic E-state index is 6.32. The van der Waals surface area contributed by atoms with Gasteiger partial charge in [0.15, 0.2) is 0 Å². The van der Waals surface area contributed by atoms with Gasteiger partial charge < -0.3 is 10.1 Å². The van der Waals surface area contributed by atoms with Crippen LogP contribution >= 0.6 is 11.8 Å². The number of fused-ring (bicyclic) bond motifs is 1. The van der Waals surface area contributed by atoms with Crippen LogP contribution in [-0.4, -0.2) is 24.4 Å². The third-order valence-corrected chi connectivity index (χ3v) is 5.67. The Hall–Kier alpha value is -0.670. The average Bonchev–Trinajstić information content (AvgIpc) is 2.53. The van der Waals surface area contributed by atoms with Crippen molar-refractivity contribution in [2.24, 2.45) is 5.92 Å². The molecule has 3 heteroatoms. The van der Waals surface area contributed by atoms with Crippen LogP contribution in [0.4, 0.5) is 0 Å². The van der Waals surface area contributed by atoms with Crippen molar-refractivity contribution in [1.82, 2.24) is 5.32 Å². The number of para-hydroxylation sites is 1. The first kappa shape index (κ1) is 14.3. The topological polar surface area (TPSA) is 21.3 Å². The summed E-state index contributed by atoms with van der Waals surface area (Å²) in [4.78, 5) is 1.29. The highest BCUT2D eigenvalue weighted by Crippen LogP contribution is 2.38. The summed E-state index contributed by atoms with van der Waals surface area (Å²) in [6.45, 7) is 3.24. The van der Waals surface area contributed by atoms with Crippen molar-refractivity contribution in [3.63, 3.8) is 0 Å². The van der Waals surface area contributed by atoms with Gasteiger partial charge in [0.25, 0.3) is 0 Å². The van der Waals surface area contributed by atoms with Gasteiger partial charge in [0.1, 0.15) is 11.9 Å². The van der Waals surface area contributed by atoms with Crippen LogP contribution in [-0.2, 0) is 0 Å². The van der Waals surface area contributed by atoms with Gasteiger partial charge >= 0.3 is 0 Å². The summed E-state index contributed by atoms with van der Waals surface area (Å²) >= 11 is 1.95. The number of likely N-dealkylation sites (N-methyl/N-ethyl adjacent to an activating group) is 1. The lowest BCUT2D eigenvalue weighted by atomic mass is 9.82. The van der Waals surface area contributed by atoms with Crippen LogP contribution in [0.3, 0.4) is 0 Å². The van der Waals surface area contributed by atoms with Gasteiger partial charge in [0, 0.05) is 16.7 Å². The molecule has 0 spiro atoms. The first-order valence-electron chi connectivity index (χ1n) is 8.00. The van der Waals surface area contributed by atoms with Crippen LogP contribution in [0.1, 0.15) is 39.0 Å². The molecule has 1 aromatic carbocycles. The van der Waals surface area contributed by atoms with Gasteiger partial charge in [-0.05, 0) is 37.4 Å². The van der Waals surface area contributed by atoms with Crippen LogP contribution < -0.4 is 10.1 Å². The molecule has 0 radical (unpaired) electrons. The molecule has 1 aromatic rings. The summed E-state index contributed by atoms with van der Waals surface area (Å²) in [6, 6.07) is 8.96. The maximum Gasteiger partial charge on any atom is 0.133 e. The standard InChI is InChI=1S/C17H25NOS/c1-2-18-17(13-8-4-3-5-9-13)15-12-20-16-11-7-6-10-14(16)19-15/h6-7,10-11,13,15,17-18H,2-5,8-9,12H2,1H3. The second kappa shape index (κ2) is 6.86. The summed E-state index contributed by atoms with van der Waals surface area (Å²) < 4.78 is 6.32. The molecule has 20 heavy (non-hydrogen) atoms. The number of benzene rings is 1. The Morgan fingerprint density at radius 1 is 1.25 bits per heavy atom. The molecule has 0 bridgehead atoms. The number of ether oxygens (including phenoxy) is 1. The molecule has 0 saturated heterocycles. The third-order valence-electron chi connectivity index (χ3n) is 4.53. The molecular formula is C17H25NOS. The lowest BCUT2D eigenvalue weighted by molar-refractivity contribution is 0.116. The van der Waals surface area contributed by atoms with Crippen molar-refractivity contribution in [2.45, 2.75) is 56.1 Å². The molecule has 1 aliphatic carbocycles. The van der Waals surface area contributed by atoms with Crippen molar-refractivity contribution < 1.29 is 4.74 Å². The number of hydrogen-bond acceptors (Lipinski definition) is 3. The van der Waals surface area contributed by atoms with Crippen LogP contribution in [0.25, 0.3) is 0 Å². The molecule has 3 rings (SSSR count). The second-order valence-corrected chi connectivity index (χ2v) is 6.96. The lowest BCUT2D eigenvalue weighted by Gasteiger charge is -2.38. The van der Waals surface area contributed by atoms with Crippen molar-refractivity contribution in [1.29, 1.82) is 0 Å². The highest BCUT2D eigenvalue weighted by Gasteiger charge is 2.33. The fourth-order valence-corrected chi connectivity index (χ4v) is 4.60. The molecule has 1 heterocycles. The smallest absolute Gasteiger partial charge is 0.133 e. The molecule has 2 nitrogen and oxygen atoms in total. The Morgan fingerprint density at radius 2 is 2.05 bits per heavy atom. The molecule has 2 unspecified atom stereocenters. The molecule has 1 fully saturated rings. The summed E-state index contributed by atoms with van der Waals surface area (Å²) in [7, 11) is 0. The lowest BCUT2D eigenvalue weighted by Crippen LogP contribution is -2.50. The minimum atomic E-state index is 0.318. The maximum absolute atomic E-state index is 6.32. The zero-order valence-electron chi connectivity index (χ0n) is 12.3. The molecule has 110 valence electrons. The first-order chi connectivity index (χ1) is 9.88. The van der Waals surface area contributed by atoms with Crippen LogP contribution in [0.15, 0.2) is 29.2 Å². The molecule has 0 amide bonds. The molecule has 2 atom stereocenters. The largest absolute Gasteiger partial charge is 0.487 e. The van der Waals surface area contributed by atoms with E-state index in [2.05, 4.69) is 36.5 Å². The quantitative estimate of drug-likeness (QED) is 0.902. The number of rotatable bonds is 4. The van der Waals surface area contributed by atoms with Crippen LogP contribution in [0.2, 0.25) is 0 Å². The minimum absolute atomic E-state index is 0.318. The molecule has 2 aliphatic rings. The Labute approximate surface area is 126 Å². The predicted molar refractivity (Wildman–Crippen MR) is 85.6 cm³/mol. The first-order valence-corrected chi connectivity index (χ1v) is 8.99. The molecule has 1 N–H and O–H groups in total. The monoisotopic (exact) mass is 291 g/mol. The number of hydrogen-bond donors (Lipinski definition) is 1. The number of nitrogens with one attached hydrogen (secondary N) is 1. The van der Waals surface area contributed by atoms with Gasteiger partial charge in [-0.3, -0.25) is 0 Å². The summed E-state index contributed by atoms with van der Waals surface area (Å²) in [5.74, 6) is 2.94. The van der Waals surface area contributed by atoms with Crippen molar-refractivity contribution in [3.05, 3.63) is 24.3 Å². The highest BCUT2D eigenvalue weighted by atomic mass is 32.2. The van der Waals surface area contributed by atoms with E-state index < -0.39 is 0 Å². The van der Waals surface area contributed by atoms with Gasteiger partial charge in [0.2, 0.25) is 0 Å². The number of thioether (sulfide) groups is 1. The van der Waals surface area contributed by atoms with Crippen LogP contribution in [0, 0.1) is 5.92 Å². The van der Waals surface area contributed by atoms with E-state index in [1.165, 1.54) is 37.0 Å². The van der Waals surface area contributed by atoms with E-state index in [9.17, 15) is 0 Å². The van der Waals surface area contributed by atoms with Crippen molar-refractivity contribution in [3.8, 4) is 5.75 Å². The van der Waals surface area contributed by atoms with Crippen molar-refractivity contribution >= 4 is 11.8 Å². The summed E-state index contributed by atoms with van der Waals surface area (Å²) in [5, 5.41) is 3.71. The fourth-order valence-electron chi connectivity index (χ4n) is 3.54. The van der Waals surface area contributed by atoms with E-state index >= 15 is 0 Å². The Kier molecular flexibility index (Phi) is 4.90. The average molecular weight is 291 g/mol. The van der Waals surface area contributed by atoms with Gasteiger partial charge in [-0.25, -0.2) is 0 Å². The summed E-state index contributed by atoms with van der Waals surface area (Å²) in [5.41, 5.74) is 0. The van der Waals surface area contributed by atoms with Gasteiger partial charge in [0.05, 0.1) is 0 Å². The molecule has 1 saturated carbocycles. The zero-order chi connectivity index (χ0) is 13.8. The van der Waals surface area contributed by atoms with Gasteiger partial charge in [-0.1, -0.05) is 38.3 Å². The minimum Gasteiger partial charge on any atom is -0.487 e. The Bertz CT molecular complexity index is 431. The normalized spacial score (nSPS) is 24.8. The van der Waals surface area contributed by atoms with E-state index in [1.54, 1.807) is 0 Å². The van der Waals surface area contributed by atoms with E-state index in [0.29, 0.717) is 12.1 Å².